The predicted octanol–water partition coefficient (Wildman–Crippen LogP) is 0.694. The largest absolute Gasteiger partial charge is 0.386 e. The van der Waals surface area contributed by atoms with Crippen LogP contribution >= 0.6 is 0 Å². The third-order valence-corrected chi connectivity index (χ3v) is 5.71. The quantitative estimate of drug-likeness (QED) is 0.535. The van der Waals surface area contributed by atoms with Crippen molar-refractivity contribution in [2.45, 2.75) is 39.7 Å². The van der Waals surface area contributed by atoms with Crippen molar-refractivity contribution in [2.24, 2.45) is 11.7 Å². The number of nitrogens with one attached hydrogen (secondary N) is 1. The summed E-state index contributed by atoms with van der Waals surface area (Å²) in [7, 11) is -3.13. The molecule has 0 aromatic rings. The Morgan fingerprint density at radius 2 is 1.80 bits per heavy atom. The number of sulfonamides is 1. The fourth-order valence-corrected chi connectivity index (χ4v) is 4.23. The molecule has 7 heteroatoms. The second kappa shape index (κ2) is 7.38. The summed E-state index contributed by atoms with van der Waals surface area (Å²) in [5, 5.41) is 7.58. The molecule has 0 aromatic heterocycles. The molecule has 0 radical (unpaired) electrons. The molecule has 20 heavy (non-hydrogen) atoms. The molecule has 0 aromatic carbocycles. The monoisotopic (exact) mass is 304 g/mol. The van der Waals surface area contributed by atoms with Crippen LogP contribution < -0.4 is 5.73 Å². The lowest BCUT2D eigenvalue weighted by Gasteiger charge is -2.38. The van der Waals surface area contributed by atoms with E-state index in [4.69, 9.17) is 11.1 Å². The molecule has 0 bridgehead atoms. The van der Waals surface area contributed by atoms with Crippen LogP contribution in [0, 0.1) is 11.3 Å². The van der Waals surface area contributed by atoms with Crippen molar-refractivity contribution in [3.8, 4) is 0 Å². The molecule has 1 unspecified atom stereocenters. The number of amidine groups is 1. The highest BCUT2D eigenvalue weighted by Gasteiger charge is 2.30. The van der Waals surface area contributed by atoms with E-state index in [1.54, 1.807) is 4.31 Å². The Hall–Kier alpha value is -0.660. The Bertz CT molecular complexity index is 414. The van der Waals surface area contributed by atoms with E-state index in [1.165, 1.54) is 0 Å². The zero-order valence-electron chi connectivity index (χ0n) is 12.8. The Balaban J connectivity index is 2.55. The van der Waals surface area contributed by atoms with E-state index in [-0.39, 0.29) is 17.6 Å². The summed E-state index contributed by atoms with van der Waals surface area (Å²) in [6, 6.07) is -0.0597. The number of nitrogens with two attached hydrogens (primary N) is 1. The lowest BCUT2D eigenvalue weighted by Crippen LogP contribution is -2.55. The van der Waals surface area contributed by atoms with Crippen molar-refractivity contribution >= 4 is 15.9 Å². The van der Waals surface area contributed by atoms with E-state index < -0.39 is 10.0 Å². The summed E-state index contributed by atoms with van der Waals surface area (Å²) in [4.78, 5) is 2.11. The van der Waals surface area contributed by atoms with Gasteiger partial charge in [-0.2, -0.15) is 4.31 Å². The topological polar surface area (TPSA) is 90.5 Å². The van der Waals surface area contributed by atoms with E-state index in [2.05, 4.69) is 4.90 Å². The summed E-state index contributed by atoms with van der Waals surface area (Å²) in [5.74, 6) is 0.797. The summed E-state index contributed by atoms with van der Waals surface area (Å²) in [6.07, 6.45) is 1.49. The van der Waals surface area contributed by atoms with Gasteiger partial charge in [-0.25, -0.2) is 8.42 Å². The highest BCUT2D eigenvalue weighted by atomic mass is 32.2. The molecular weight excluding hydrogens is 276 g/mol. The van der Waals surface area contributed by atoms with E-state index in [0.717, 1.165) is 6.42 Å². The fraction of sp³-hybridized carbons (Fsp3) is 0.923. The van der Waals surface area contributed by atoms with Crippen LogP contribution in [0.1, 0.15) is 33.6 Å². The zero-order chi connectivity index (χ0) is 15.3. The maximum atomic E-state index is 12.2. The van der Waals surface area contributed by atoms with Gasteiger partial charge in [-0.1, -0.05) is 20.8 Å². The Morgan fingerprint density at radius 3 is 2.20 bits per heavy atom. The average Bonchev–Trinajstić information content (AvgIpc) is 2.37. The minimum Gasteiger partial charge on any atom is -0.386 e. The minimum absolute atomic E-state index is 0.0597. The van der Waals surface area contributed by atoms with Crippen molar-refractivity contribution in [1.82, 2.24) is 9.21 Å². The summed E-state index contributed by atoms with van der Waals surface area (Å²) in [6.45, 7) is 8.38. The van der Waals surface area contributed by atoms with Crippen LogP contribution in [0.3, 0.4) is 0 Å². The Kier molecular flexibility index (Phi) is 6.42. The molecule has 1 fully saturated rings. The van der Waals surface area contributed by atoms with Crippen LogP contribution in [-0.4, -0.2) is 61.4 Å². The SMILES string of the molecule is CCC(C(=N)N)N1CCN(S(=O)(=O)CCC(C)C)CC1. The maximum absolute atomic E-state index is 12.2. The van der Waals surface area contributed by atoms with E-state index in [0.29, 0.717) is 38.5 Å². The van der Waals surface area contributed by atoms with Gasteiger partial charge in [-0.05, 0) is 18.8 Å². The molecule has 3 N–H and O–H groups in total. The van der Waals surface area contributed by atoms with Crippen molar-refractivity contribution in [2.75, 3.05) is 31.9 Å². The molecule has 0 spiro atoms. The van der Waals surface area contributed by atoms with Crippen molar-refractivity contribution < 1.29 is 8.42 Å². The average molecular weight is 304 g/mol. The predicted molar refractivity (Wildman–Crippen MR) is 82.4 cm³/mol. The second-order valence-electron chi connectivity index (χ2n) is 5.81. The van der Waals surface area contributed by atoms with Gasteiger partial charge in [-0.15, -0.1) is 0 Å². The van der Waals surface area contributed by atoms with E-state index >= 15 is 0 Å². The van der Waals surface area contributed by atoms with Crippen LogP contribution in [0.15, 0.2) is 0 Å². The second-order valence-corrected chi connectivity index (χ2v) is 7.90. The number of hydrogen-bond acceptors (Lipinski definition) is 4. The Morgan fingerprint density at radius 1 is 1.25 bits per heavy atom. The molecule has 0 aliphatic carbocycles. The minimum atomic E-state index is -3.13. The first-order chi connectivity index (χ1) is 9.27. The molecule has 6 nitrogen and oxygen atoms in total. The van der Waals surface area contributed by atoms with Gasteiger partial charge in [0.15, 0.2) is 0 Å². The molecule has 1 saturated heterocycles. The van der Waals surface area contributed by atoms with Gasteiger partial charge in [-0.3, -0.25) is 10.3 Å². The van der Waals surface area contributed by atoms with Crippen LogP contribution in [0.25, 0.3) is 0 Å². The van der Waals surface area contributed by atoms with Crippen molar-refractivity contribution in [1.29, 1.82) is 5.41 Å². The highest BCUT2D eigenvalue weighted by Crippen LogP contribution is 2.14. The van der Waals surface area contributed by atoms with Gasteiger partial charge in [0.05, 0.1) is 11.8 Å². The normalized spacial score (nSPS) is 20.2. The molecule has 1 aliphatic heterocycles. The lowest BCUT2D eigenvalue weighted by molar-refractivity contribution is 0.163. The first-order valence-corrected chi connectivity index (χ1v) is 8.94. The van der Waals surface area contributed by atoms with Crippen molar-refractivity contribution in [3.05, 3.63) is 0 Å². The molecular formula is C13H28N4O2S. The van der Waals surface area contributed by atoms with Gasteiger partial charge in [0.1, 0.15) is 5.84 Å². The molecule has 118 valence electrons. The van der Waals surface area contributed by atoms with Gasteiger partial charge < -0.3 is 5.73 Å². The van der Waals surface area contributed by atoms with Crippen LogP contribution in [0.4, 0.5) is 0 Å². The molecule has 1 aliphatic rings. The van der Waals surface area contributed by atoms with Gasteiger partial charge in [0.2, 0.25) is 10.0 Å². The van der Waals surface area contributed by atoms with Crippen LogP contribution in [0.5, 0.6) is 0 Å². The lowest BCUT2D eigenvalue weighted by atomic mass is 10.1. The molecule has 1 heterocycles. The summed E-state index contributed by atoms with van der Waals surface area (Å²) >= 11 is 0. The first kappa shape index (κ1) is 17.4. The molecule has 0 amide bonds. The van der Waals surface area contributed by atoms with Crippen LogP contribution in [0.2, 0.25) is 0 Å². The fourth-order valence-electron chi connectivity index (χ4n) is 2.48. The Labute approximate surface area is 122 Å². The van der Waals surface area contributed by atoms with Crippen molar-refractivity contribution in [3.63, 3.8) is 0 Å². The molecule has 0 saturated carbocycles. The van der Waals surface area contributed by atoms with Gasteiger partial charge in [0.25, 0.3) is 0 Å². The molecule has 1 rings (SSSR count). The van der Waals surface area contributed by atoms with Gasteiger partial charge >= 0.3 is 0 Å². The number of rotatable bonds is 7. The highest BCUT2D eigenvalue weighted by molar-refractivity contribution is 7.89. The number of hydrogen-bond donors (Lipinski definition) is 2. The first-order valence-electron chi connectivity index (χ1n) is 7.33. The molecule has 1 atom stereocenters. The zero-order valence-corrected chi connectivity index (χ0v) is 13.6. The smallest absolute Gasteiger partial charge is 0.214 e. The van der Waals surface area contributed by atoms with E-state index in [9.17, 15) is 8.42 Å². The van der Waals surface area contributed by atoms with E-state index in [1.807, 2.05) is 20.8 Å². The number of nitrogens with zero attached hydrogens (tertiary/aromatic N) is 2. The third kappa shape index (κ3) is 4.71. The van der Waals surface area contributed by atoms with Gasteiger partial charge in [0, 0.05) is 26.2 Å². The van der Waals surface area contributed by atoms with Crippen LogP contribution in [-0.2, 0) is 10.0 Å². The standard InChI is InChI=1S/C13H28N4O2S/c1-4-12(13(14)15)16-6-8-17(9-7-16)20(18,19)10-5-11(2)3/h11-12H,4-10H2,1-3H3,(H3,14,15). The third-order valence-electron chi connectivity index (χ3n) is 3.81. The maximum Gasteiger partial charge on any atom is 0.214 e. The summed E-state index contributed by atoms with van der Waals surface area (Å²) in [5.41, 5.74) is 5.59. The number of piperazine rings is 1. The summed E-state index contributed by atoms with van der Waals surface area (Å²) < 4.78 is 26.0.